The number of ether oxygens (including phenoxy) is 2. The maximum Gasteiger partial charge on any atom is 0.121 e. The molecule has 1 aliphatic rings. The van der Waals surface area contributed by atoms with Crippen LogP contribution in [0.15, 0.2) is 35.3 Å². The lowest BCUT2D eigenvalue weighted by Crippen LogP contribution is -1.86. The fourth-order valence-corrected chi connectivity index (χ4v) is 1.10. The average molecular weight is 166 g/mol. The van der Waals surface area contributed by atoms with Crippen LogP contribution in [0.2, 0.25) is 0 Å². The molecule has 0 bridgehead atoms. The third kappa shape index (κ3) is 1.91. The fourth-order valence-electron chi connectivity index (χ4n) is 1.10. The summed E-state index contributed by atoms with van der Waals surface area (Å²) in [6, 6.07) is 0. The molecule has 0 aromatic rings. The lowest BCUT2D eigenvalue weighted by Gasteiger charge is -2.02. The van der Waals surface area contributed by atoms with Crippen LogP contribution in [0.5, 0.6) is 0 Å². The van der Waals surface area contributed by atoms with Gasteiger partial charge in [0.15, 0.2) is 0 Å². The Balaban J connectivity index is 2.85. The van der Waals surface area contributed by atoms with E-state index in [2.05, 4.69) is 6.08 Å². The van der Waals surface area contributed by atoms with E-state index in [-0.39, 0.29) is 0 Å². The first-order valence-electron chi connectivity index (χ1n) is 3.94. The number of allylic oxidation sites excluding steroid dienone is 4. The van der Waals surface area contributed by atoms with E-state index in [1.165, 1.54) is 0 Å². The monoisotopic (exact) mass is 166 g/mol. The first kappa shape index (κ1) is 8.91. The second kappa shape index (κ2) is 4.00. The molecule has 0 heterocycles. The molecule has 0 aliphatic heterocycles. The number of rotatable bonds is 2. The predicted molar refractivity (Wildman–Crippen MR) is 48.6 cm³/mol. The molecule has 1 aliphatic carbocycles. The Morgan fingerprint density at radius 3 is 2.50 bits per heavy atom. The molecule has 0 spiro atoms. The van der Waals surface area contributed by atoms with E-state index in [1.54, 1.807) is 14.2 Å². The van der Waals surface area contributed by atoms with Crippen molar-refractivity contribution in [2.24, 2.45) is 0 Å². The molecular formula is C10H14O2. The van der Waals surface area contributed by atoms with Crippen LogP contribution in [0.4, 0.5) is 0 Å². The molecule has 0 unspecified atom stereocenters. The number of methoxy groups -OCH3 is 2. The van der Waals surface area contributed by atoms with Gasteiger partial charge in [-0.05, 0) is 24.6 Å². The second-order valence-corrected chi connectivity index (χ2v) is 2.66. The third-order valence-corrected chi connectivity index (χ3v) is 1.90. The molecule has 0 aromatic heterocycles. The van der Waals surface area contributed by atoms with E-state index in [1.807, 2.05) is 19.1 Å². The Morgan fingerprint density at radius 2 is 1.92 bits per heavy atom. The van der Waals surface area contributed by atoms with E-state index >= 15 is 0 Å². The van der Waals surface area contributed by atoms with Gasteiger partial charge in [-0.1, -0.05) is 6.08 Å². The van der Waals surface area contributed by atoms with Crippen LogP contribution in [0.1, 0.15) is 13.3 Å². The zero-order valence-corrected chi connectivity index (χ0v) is 7.76. The van der Waals surface area contributed by atoms with Crippen molar-refractivity contribution in [3.63, 3.8) is 0 Å². The molecule has 0 fully saturated rings. The molecule has 0 amide bonds. The van der Waals surface area contributed by atoms with Gasteiger partial charge in [0.25, 0.3) is 0 Å². The van der Waals surface area contributed by atoms with Crippen LogP contribution >= 0.6 is 0 Å². The van der Waals surface area contributed by atoms with Crippen molar-refractivity contribution in [1.29, 1.82) is 0 Å². The largest absolute Gasteiger partial charge is 0.501 e. The SMILES string of the molecule is COC1=CC=C(OC)C(C)=CC1. The van der Waals surface area contributed by atoms with Gasteiger partial charge in [0.1, 0.15) is 5.76 Å². The van der Waals surface area contributed by atoms with Gasteiger partial charge in [-0.25, -0.2) is 0 Å². The highest BCUT2D eigenvalue weighted by molar-refractivity contribution is 5.32. The maximum absolute atomic E-state index is 5.17. The maximum atomic E-state index is 5.17. The van der Waals surface area contributed by atoms with Gasteiger partial charge in [0.2, 0.25) is 0 Å². The minimum Gasteiger partial charge on any atom is -0.501 e. The molecule has 2 heteroatoms. The first-order valence-corrected chi connectivity index (χ1v) is 3.94. The summed E-state index contributed by atoms with van der Waals surface area (Å²) in [5.41, 5.74) is 1.15. The Kier molecular flexibility index (Phi) is 2.97. The smallest absolute Gasteiger partial charge is 0.121 e. The quantitative estimate of drug-likeness (QED) is 0.627. The van der Waals surface area contributed by atoms with E-state index in [4.69, 9.17) is 9.47 Å². The minimum absolute atomic E-state index is 0.839. The standard InChI is InChI=1S/C10H14O2/c1-8-4-5-9(11-2)6-7-10(8)12-3/h4,6-7H,5H2,1-3H3. The lowest BCUT2D eigenvalue weighted by molar-refractivity contribution is 0.285. The van der Waals surface area contributed by atoms with E-state index in [0.29, 0.717) is 0 Å². The molecule has 12 heavy (non-hydrogen) atoms. The summed E-state index contributed by atoms with van der Waals surface area (Å²) in [7, 11) is 3.36. The number of hydrogen-bond donors (Lipinski definition) is 0. The topological polar surface area (TPSA) is 18.5 Å². The van der Waals surface area contributed by atoms with Crippen LogP contribution < -0.4 is 0 Å². The lowest BCUT2D eigenvalue weighted by atomic mass is 10.2. The van der Waals surface area contributed by atoms with E-state index in [9.17, 15) is 0 Å². The van der Waals surface area contributed by atoms with Crippen molar-refractivity contribution in [2.45, 2.75) is 13.3 Å². The zero-order chi connectivity index (χ0) is 8.97. The van der Waals surface area contributed by atoms with Gasteiger partial charge in [0, 0.05) is 6.42 Å². The normalized spacial score (nSPS) is 17.1. The van der Waals surface area contributed by atoms with Crippen LogP contribution in [0.3, 0.4) is 0 Å². The summed E-state index contributed by atoms with van der Waals surface area (Å²) in [6.07, 6.45) is 6.80. The second-order valence-electron chi connectivity index (χ2n) is 2.66. The summed E-state index contributed by atoms with van der Waals surface area (Å²) in [5.74, 6) is 1.86. The van der Waals surface area contributed by atoms with Crippen LogP contribution in [0.25, 0.3) is 0 Å². The Bertz CT molecular complexity index is 247. The highest BCUT2D eigenvalue weighted by Crippen LogP contribution is 2.18. The molecule has 0 saturated carbocycles. The fraction of sp³-hybridized carbons (Fsp3) is 0.400. The van der Waals surface area contributed by atoms with Gasteiger partial charge in [-0.2, -0.15) is 0 Å². The molecule has 2 nitrogen and oxygen atoms in total. The van der Waals surface area contributed by atoms with Gasteiger partial charge < -0.3 is 9.47 Å². The average Bonchev–Trinajstić information content (AvgIpc) is 2.27. The first-order chi connectivity index (χ1) is 5.77. The van der Waals surface area contributed by atoms with Crippen LogP contribution in [-0.2, 0) is 9.47 Å². The van der Waals surface area contributed by atoms with E-state index in [0.717, 1.165) is 23.5 Å². The van der Waals surface area contributed by atoms with Crippen molar-refractivity contribution < 1.29 is 9.47 Å². The molecule has 0 atom stereocenters. The Morgan fingerprint density at radius 1 is 1.17 bits per heavy atom. The minimum atomic E-state index is 0.839. The van der Waals surface area contributed by atoms with Crippen LogP contribution in [0, 0.1) is 0 Å². The van der Waals surface area contributed by atoms with Gasteiger partial charge in [-0.15, -0.1) is 0 Å². The van der Waals surface area contributed by atoms with Gasteiger partial charge in [0.05, 0.1) is 20.0 Å². The molecule has 1 rings (SSSR count). The van der Waals surface area contributed by atoms with Crippen molar-refractivity contribution in [3.8, 4) is 0 Å². The van der Waals surface area contributed by atoms with Crippen molar-refractivity contribution in [1.82, 2.24) is 0 Å². The molecule has 0 N–H and O–H groups in total. The summed E-state index contributed by atoms with van der Waals surface area (Å²) in [5, 5.41) is 0. The summed E-state index contributed by atoms with van der Waals surface area (Å²) >= 11 is 0. The molecule has 0 saturated heterocycles. The predicted octanol–water partition coefficient (Wildman–Crippen LogP) is 2.40. The molecule has 0 aromatic carbocycles. The van der Waals surface area contributed by atoms with Gasteiger partial charge in [-0.3, -0.25) is 0 Å². The number of hydrogen-bond acceptors (Lipinski definition) is 2. The highest BCUT2D eigenvalue weighted by atomic mass is 16.5. The highest BCUT2D eigenvalue weighted by Gasteiger charge is 2.03. The summed E-state index contributed by atoms with van der Waals surface area (Å²) < 4.78 is 10.3. The molecule has 0 radical (unpaired) electrons. The van der Waals surface area contributed by atoms with Crippen molar-refractivity contribution >= 4 is 0 Å². The van der Waals surface area contributed by atoms with E-state index < -0.39 is 0 Å². The van der Waals surface area contributed by atoms with Crippen molar-refractivity contribution in [2.75, 3.05) is 14.2 Å². The molecular weight excluding hydrogens is 152 g/mol. The van der Waals surface area contributed by atoms with Crippen molar-refractivity contribution in [3.05, 3.63) is 35.3 Å². The zero-order valence-electron chi connectivity index (χ0n) is 7.76. The molecule has 66 valence electrons. The Labute approximate surface area is 73.2 Å². The third-order valence-electron chi connectivity index (χ3n) is 1.90. The van der Waals surface area contributed by atoms with Crippen LogP contribution in [-0.4, -0.2) is 14.2 Å². The summed E-state index contributed by atoms with van der Waals surface area (Å²) in [4.78, 5) is 0. The Hall–Kier alpha value is -1.18. The summed E-state index contributed by atoms with van der Waals surface area (Å²) in [6.45, 7) is 2.03. The van der Waals surface area contributed by atoms with Gasteiger partial charge >= 0.3 is 0 Å².